The van der Waals surface area contributed by atoms with Crippen molar-refractivity contribution in [2.24, 2.45) is 0 Å². The third-order valence-electron chi connectivity index (χ3n) is 8.91. The topological polar surface area (TPSA) is 65.0 Å². The van der Waals surface area contributed by atoms with Gasteiger partial charge in [0.05, 0.1) is 0 Å². The van der Waals surface area contributed by atoms with Crippen molar-refractivity contribution in [3.05, 3.63) is 140 Å². The fourth-order valence-corrected chi connectivity index (χ4v) is 6.79. The summed E-state index contributed by atoms with van der Waals surface area (Å²) in [6.07, 6.45) is 0. The minimum Gasteiger partial charge on any atom is -0.456 e. The summed E-state index contributed by atoms with van der Waals surface area (Å²) in [5.74, 6) is 1.75. The molecule has 0 aliphatic rings. The summed E-state index contributed by atoms with van der Waals surface area (Å²) < 4.78 is 12.7. The molecule has 3 heterocycles. The Morgan fingerprint density at radius 3 is 1.80 bits per heavy atom. The Kier molecular flexibility index (Phi) is 5.22. The monoisotopic (exact) mass is 589 g/mol. The number of para-hydroxylation sites is 2. The van der Waals surface area contributed by atoms with Gasteiger partial charge in [-0.15, -0.1) is 0 Å². The van der Waals surface area contributed by atoms with E-state index in [1.54, 1.807) is 0 Å². The number of nitrogens with zero attached hydrogens (tertiary/aromatic N) is 3. The van der Waals surface area contributed by atoms with Crippen LogP contribution in [0.5, 0.6) is 0 Å². The Morgan fingerprint density at radius 1 is 0.348 bits per heavy atom. The maximum absolute atomic E-state index is 6.49. The maximum atomic E-state index is 6.49. The van der Waals surface area contributed by atoms with Gasteiger partial charge in [0.2, 0.25) is 0 Å². The second-order valence-electron chi connectivity index (χ2n) is 11.6. The molecule has 0 aliphatic carbocycles. The molecular formula is C41H23N3O2. The molecule has 5 nitrogen and oxygen atoms in total. The van der Waals surface area contributed by atoms with E-state index in [4.69, 9.17) is 23.8 Å². The molecule has 0 aliphatic heterocycles. The highest BCUT2D eigenvalue weighted by molar-refractivity contribution is 6.29. The zero-order valence-electron chi connectivity index (χ0n) is 24.4. The van der Waals surface area contributed by atoms with Crippen LogP contribution in [-0.2, 0) is 0 Å². The van der Waals surface area contributed by atoms with Crippen molar-refractivity contribution in [1.82, 2.24) is 15.0 Å². The molecule has 7 aromatic carbocycles. The van der Waals surface area contributed by atoms with Crippen LogP contribution < -0.4 is 0 Å². The predicted molar refractivity (Wildman–Crippen MR) is 186 cm³/mol. The SMILES string of the molecule is c1ccc(-c2nc(-c3ccc4c(c3)oc3ccccc34)nc(-c3cc4oc5ccccc5c4c4c3ccc3ccccc34)n2)cc1. The van der Waals surface area contributed by atoms with Gasteiger partial charge in [0.1, 0.15) is 22.3 Å². The molecule has 0 fully saturated rings. The van der Waals surface area contributed by atoms with E-state index in [2.05, 4.69) is 72.8 Å². The molecule has 0 saturated heterocycles. The smallest absolute Gasteiger partial charge is 0.164 e. The molecule has 214 valence electrons. The quantitative estimate of drug-likeness (QED) is 0.192. The lowest BCUT2D eigenvalue weighted by atomic mass is 9.94. The zero-order chi connectivity index (χ0) is 30.2. The number of hydrogen-bond acceptors (Lipinski definition) is 5. The van der Waals surface area contributed by atoms with Crippen LogP contribution in [0, 0.1) is 0 Å². The average Bonchev–Trinajstić information content (AvgIpc) is 3.69. The van der Waals surface area contributed by atoms with E-state index in [9.17, 15) is 0 Å². The van der Waals surface area contributed by atoms with E-state index >= 15 is 0 Å². The van der Waals surface area contributed by atoms with Crippen molar-refractivity contribution in [2.45, 2.75) is 0 Å². The van der Waals surface area contributed by atoms with Crippen LogP contribution in [0.15, 0.2) is 148 Å². The summed E-state index contributed by atoms with van der Waals surface area (Å²) in [4.78, 5) is 15.2. The van der Waals surface area contributed by atoms with Crippen LogP contribution in [0.1, 0.15) is 0 Å². The lowest BCUT2D eigenvalue weighted by molar-refractivity contribution is 0.669. The number of furan rings is 2. The number of hydrogen-bond donors (Lipinski definition) is 0. The van der Waals surface area contributed by atoms with Crippen LogP contribution >= 0.6 is 0 Å². The van der Waals surface area contributed by atoms with Gasteiger partial charge in [-0.2, -0.15) is 0 Å². The molecule has 3 aromatic heterocycles. The lowest BCUT2D eigenvalue weighted by Crippen LogP contribution is -2.00. The molecule has 0 spiro atoms. The van der Waals surface area contributed by atoms with E-state index in [1.807, 2.05) is 66.7 Å². The molecule has 0 saturated carbocycles. The van der Waals surface area contributed by atoms with Gasteiger partial charge in [0, 0.05) is 43.6 Å². The standard InChI is InChI=1S/C41H23N3O2/c1-2-11-25(12-3-1)39-42-40(26-19-20-29-28-14-6-8-16-33(28)45-35(29)22-26)44-41(43-39)32-23-36-38(31-15-7-9-17-34(31)46-36)37-27-13-5-4-10-24(27)18-21-30(32)37/h1-23H. The van der Waals surface area contributed by atoms with Gasteiger partial charge < -0.3 is 8.83 Å². The van der Waals surface area contributed by atoms with Gasteiger partial charge in [0.25, 0.3) is 0 Å². The Bertz CT molecular complexity index is 2810. The van der Waals surface area contributed by atoms with Gasteiger partial charge >= 0.3 is 0 Å². The lowest BCUT2D eigenvalue weighted by Gasteiger charge is -2.12. The van der Waals surface area contributed by atoms with E-state index in [0.29, 0.717) is 17.5 Å². The summed E-state index contributed by atoms with van der Waals surface area (Å²) in [6, 6.07) is 47.5. The average molecular weight is 590 g/mol. The van der Waals surface area contributed by atoms with Gasteiger partial charge in [-0.25, -0.2) is 15.0 Å². The number of rotatable bonds is 3. The Labute approximate surface area is 262 Å². The highest BCUT2D eigenvalue weighted by Crippen LogP contribution is 2.43. The molecule has 0 atom stereocenters. The van der Waals surface area contributed by atoms with E-state index < -0.39 is 0 Å². The molecule has 0 radical (unpaired) electrons. The summed E-state index contributed by atoms with van der Waals surface area (Å²) in [5, 5.41) is 8.84. The first-order chi connectivity index (χ1) is 22.8. The molecule has 10 aromatic rings. The van der Waals surface area contributed by atoms with Crippen LogP contribution in [0.25, 0.3) is 99.6 Å². The van der Waals surface area contributed by atoms with Crippen LogP contribution in [0.3, 0.4) is 0 Å². The van der Waals surface area contributed by atoms with Crippen molar-refractivity contribution in [3.63, 3.8) is 0 Å². The second kappa shape index (κ2) is 9.58. The van der Waals surface area contributed by atoms with Gasteiger partial charge in [-0.3, -0.25) is 0 Å². The predicted octanol–water partition coefficient (Wildman–Crippen LogP) is 11.0. The van der Waals surface area contributed by atoms with Crippen molar-refractivity contribution in [1.29, 1.82) is 0 Å². The van der Waals surface area contributed by atoms with Crippen molar-refractivity contribution >= 4 is 65.4 Å². The van der Waals surface area contributed by atoms with E-state index in [0.717, 1.165) is 76.7 Å². The van der Waals surface area contributed by atoms with Crippen LogP contribution in [-0.4, -0.2) is 15.0 Å². The van der Waals surface area contributed by atoms with Crippen molar-refractivity contribution in [2.75, 3.05) is 0 Å². The minimum atomic E-state index is 0.574. The number of benzene rings is 7. The first-order valence-corrected chi connectivity index (χ1v) is 15.3. The molecule has 0 amide bonds. The fourth-order valence-electron chi connectivity index (χ4n) is 6.79. The number of aromatic nitrogens is 3. The Balaban J connectivity index is 1.29. The summed E-state index contributed by atoms with van der Waals surface area (Å²) in [5.41, 5.74) is 5.95. The zero-order valence-corrected chi connectivity index (χ0v) is 24.4. The molecular weight excluding hydrogens is 566 g/mol. The summed E-state index contributed by atoms with van der Waals surface area (Å²) >= 11 is 0. The highest BCUT2D eigenvalue weighted by atomic mass is 16.3. The first-order valence-electron chi connectivity index (χ1n) is 15.3. The normalized spacial score (nSPS) is 11.9. The molecule has 0 unspecified atom stereocenters. The van der Waals surface area contributed by atoms with E-state index in [-0.39, 0.29) is 0 Å². The molecule has 46 heavy (non-hydrogen) atoms. The third kappa shape index (κ3) is 3.72. The second-order valence-corrected chi connectivity index (χ2v) is 11.6. The third-order valence-corrected chi connectivity index (χ3v) is 8.91. The van der Waals surface area contributed by atoms with Crippen LogP contribution in [0.4, 0.5) is 0 Å². The maximum Gasteiger partial charge on any atom is 0.164 e. The largest absolute Gasteiger partial charge is 0.456 e. The van der Waals surface area contributed by atoms with Crippen molar-refractivity contribution in [3.8, 4) is 34.2 Å². The molecule has 5 heteroatoms. The molecule has 0 N–H and O–H groups in total. The van der Waals surface area contributed by atoms with Gasteiger partial charge in [0.15, 0.2) is 17.5 Å². The minimum absolute atomic E-state index is 0.574. The van der Waals surface area contributed by atoms with Gasteiger partial charge in [-0.05, 0) is 46.5 Å². The van der Waals surface area contributed by atoms with Crippen molar-refractivity contribution < 1.29 is 8.83 Å². The van der Waals surface area contributed by atoms with Gasteiger partial charge in [-0.1, -0.05) is 109 Å². The Hall–Kier alpha value is -6.33. The summed E-state index contributed by atoms with van der Waals surface area (Å²) in [6.45, 7) is 0. The fraction of sp³-hybridized carbons (Fsp3) is 0. The number of fused-ring (bicyclic) bond motifs is 10. The summed E-state index contributed by atoms with van der Waals surface area (Å²) in [7, 11) is 0. The Morgan fingerprint density at radius 2 is 0.957 bits per heavy atom. The molecule has 0 bridgehead atoms. The van der Waals surface area contributed by atoms with Crippen LogP contribution in [0.2, 0.25) is 0 Å². The first kappa shape index (κ1) is 25.0. The molecule has 10 rings (SSSR count). The van der Waals surface area contributed by atoms with E-state index in [1.165, 1.54) is 5.39 Å². The highest BCUT2D eigenvalue weighted by Gasteiger charge is 2.20.